The minimum absolute atomic E-state index is 0.0739. The van der Waals surface area contributed by atoms with Crippen LogP contribution in [0.2, 0.25) is 0 Å². The largest absolute Gasteiger partial charge is 0.393 e. The zero-order valence-corrected chi connectivity index (χ0v) is 6.06. The standard InChI is InChI=1S/C5H10O3S/c1-7-4-3-9-5(2-6)8-4/h4-6H,2-3H2,1H3/t4?,5-/m1/s1. The van der Waals surface area contributed by atoms with Gasteiger partial charge in [0.1, 0.15) is 5.44 Å². The van der Waals surface area contributed by atoms with Crippen molar-refractivity contribution in [3.63, 3.8) is 0 Å². The van der Waals surface area contributed by atoms with Crippen LogP contribution < -0.4 is 0 Å². The Morgan fingerprint density at radius 3 is 3.00 bits per heavy atom. The molecule has 54 valence electrons. The SMILES string of the molecule is COC1CS[C@H](CO)O1. The molecule has 0 aromatic carbocycles. The van der Waals surface area contributed by atoms with Crippen molar-refractivity contribution < 1.29 is 14.6 Å². The van der Waals surface area contributed by atoms with Crippen molar-refractivity contribution in [1.82, 2.24) is 0 Å². The normalized spacial score (nSPS) is 35.3. The number of rotatable bonds is 2. The zero-order chi connectivity index (χ0) is 6.69. The molecule has 1 aliphatic rings. The van der Waals surface area contributed by atoms with Crippen LogP contribution in [0, 0.1) is 0 Å². The van der Waals surface area contributed by atoms with Gasteiger partial charge in [0.05, 0.1) is 6.61 Å². The van der Waals surface area contributed by atoms with E-state index in [1.165, 1.54) is 0 Å². The lowest BCUT2D eigenvalue weighted by atomic mass is 10.7. The van der Waals surface area contributed by atoms with Crippen LogP contribution in [-0.2, 0) is 9.47 Å². The molecule has 3 nitrogen and oxygen atoms in total. The van der Waals surface area contributed by atoms with Gasteiger partial charge in [0.2, 0.25) is 0 Å². The second-order valence-corrected chi connectivity index (χ2v) is 2.94. The van der Waals surface area contributed by atoms with E-state index in [1.54, 1.807) is 18.9 Å². The van der Waals surface area contributed by atoms with E-state index in [-0.39, 0.29) is 18.3 Å². The monoisotopic (exact) mass is 150 g/mol. The Morgan fingerprint density at radius 1 is 1.89 bits per heavy atom. The Morgan fingerprint density at radius 2 is 2.67 bits per heavy atom. The molecule has 1 fully saturated rings. The van der Waals surface area contributed by atoms with Gasteiger partial charge in [-0.1, -0.05) is 0 Å². The van der Waals surface area contributed by atoms with Gasteiger partial charge in [0.25, 0.3) is 0 Å². The third kappa shape index (κ3) is 1.82. The molecule has 2 atom stereocenters. The van der Waals surface area contributed by atoms with Crippen LogP contribution in [0.15, 0.2) is 0 Å². The summed E-state index contributed by atoms with van der Waals surface area (Å²) in [6.07, 6.45) is -0.118. The van der Waals surface area contributed by atoms with Crippen molar-refractivity contribution in [1.29, 1.82) is 0 Å². The molecule has 0 saturated carbocycles. The van der Waals surface area contributed by atoms with Crippen LogP contribution in [0.1, 0.15) is 0 Å². The molecule has 0 amide bonds. The molecular formula is C5H10O3S. The highest BCUT2D eigenvalue weighted by Gasteiger charge is 2.24. The van der Waals surface area contributed by atoms with Gasteiger partial charge < -0.3 is 14.6 Å². The first-order valence-electron chi connectivity index (χ1n) is 2.77. The smallest absolute Gasteiger partial charge is 0.167 e. The van der Waals surface area contributed by atoms with E-state index in [0.717, 1.165) is 5.75 Å². The summed E-state index contributed by atoms with van der Waals surface area (Å²) in [4.78, 5) is 0. The van der Waals surface area contributed by atoms with Gasteiger partial charge in [0.15, 0.2) is 6.29 Å². The summed E-state index contributed by atoms with van der Waals surface area (Å²) in [5.74, 6) is 0.821. The summed E-state index contributed by atoms with van der Waals surface area (Å²) < 4.78 is 10.0. The van der Waals surface area contributed by atoms with Crippen LogP contribution in [0.4, 0.5) is 0 Å². The summed E-state index contributed by atoms with van der Waals surface area (Å²) in [6, 6.07) is 0. The van der Waals surface area contributed by atoms with E-state index in [4.69, 9.17) is 14.6 Å². The Hall–Kier alpha value is 0.230. The van der Waals surface area contributed by atoms with Gasteiger partial charge in [-0.2, -0.15) is 0 Å². The Labute approximate surface area is 58.3 Å². The molecule has 0 radical (unpaired) electrons. The molecule has 1 aliphatic heterocycles. The fraction of sp³-hybridized carbons (Fsp3) is 1.00. The molecule has 0 aromatic heterocycles. The average Bonchev–Trinajstić information content (AvgIpc) is 2.34. The summed E-state index contributed by atoms with van der Waals surface area (Å²) >= 11 is 1.58. The second kappa shape index (κ2) is 3.41. The highest BCUT2D eigenvalue weighted by molar-refractivity contribution is 8.00. The summed E-state index contributed by atoms with van der Waals surface area (Å²) in [5.41, 5.74) is -0.0741. The second-order valence-electron chi connectivity index (χ2n) is 1.75. The van der Waals surface area contributed by atoms with Crippen LogP contribution in [-0.4, -0.2) is 36.3 Å². The lowest BCUT2D eigenvalue weighted by Crippen LogP contribution is -2.15. The third-order valence-corrected chi connectivity index (χ3v) is 2.23. The lowest BCUT2D eigenvalue weighted by Gasteiger charge is -2.07. The molecule has 4 heteroatoms. The molecule has 1 saturated heterocycles. The Balaban J connectivity index is 2.20. The van der Waals surface area contributed by atoms with E-state index < -0.39 is 0 Å². The van der Waals surface area contributed by atoms with E-state index in [0.29, 0.717) is 0 Å². The molecule has 0 aromatic rings. The summed E-state index contributed by atoms with van der Waals surface area (Å²) in [6.45, 7) is 0.0739. The molecular weight excluding hydrogens is 140 g/mol. The first-order chi connectivity index (χ1) is 4.36. The number of methoxy groups -OCH3 is 1. The Kier molecular flexibility index (Phi) is 2.78. The van der Waals surface area contributed by atoms with Crippen LogP contribution in [0.3, 0.4) is 0 Å². The highest BCUT2D eigenvalue weighted by atomic mass is 32.2. The lowest BCUT2D eigenvalue weighted by molar-refractivity contribution is -0.113. The third-order valence-electron chi connectivity index (χ3n) is 1.13. The summed E-state index contributed by atoms with van der Waals surface area (Å²) in [7, 11) is 1.60. The van der Waals surface area contributed by atoms with Crippen molar-refractivity contribution in [2.45, 2.75) is 11.7 Å². The molecule has 0 bridgehead atoms. The number of aliphatic hydroxyl groups excluding tert-OH is 1. The van der Waals surface area contributed by atoms with E-state index in [9.17, 15) is 0 Å². The maximum absolute atomic E-state index is 8.58. The first kappa shape index (κ1) is 7.34. The maximum atomic E-state index is 8.58. The summed E-state index contributed by atoms with van der Waals surface area (Å²) in [5, 5.41) is 8.58. The molecule has 1 unspecified atom stereocenters. The van der Waals surface area contributed by atoms with Crippen molar-refractivity contribution >= 4 is 11.8 Å². The Bertz CT molecular complexity index is 78.3. The molecule has 1 heterocycles. The highest BCUT2D eigenvalue weighted by Crippen LogP contribution is 2.24. The van der Waals surface area contributed by atoms with Gasteiger partial charge in [-0.05, 0) is 0 Å². The zero-order valence-electron chi connectivity index (χ0n) is 5.24. The molecule has 0 spiro atoms. The van der Waals surface area contributed by atoms with Crippen LogP contribution in [0.5, 0.6) is 0 Å². The average molecular weight is 150 g/mol. The number of thioether (sulfide) groups is 1. The predicted molar refractivity (Wildman–Crippen MR) is 35.2 cm³/mol. The molecule has 1 N–H and O–H groups in total. The van der Waals surface area contributed by atoms with E-state index >= 15 is 0 Å². The molecule has 9 heavy (non-hydrogen) atoms. The van der Waals surface area contributed by atoms with Crippen molar-refractivity contribution in [3.8, 4) is 0 Å². The quantitative estimate of drug-likeness (QED) is 0.603. The predicted octanol–water partition coefficient (Wildman–Crippen LogP) is 0.0407. The van der Waals surface area contributed by atoms with Crippen LogP contribution >= 0.6 is 11.8 Å². The first-order valence-corrected chi connectivity index (χ1v) is 3.82. The van der Waals surface area contributed by atoms with Crippen molar-refractivity contribution in [2.75, 3.05) is 19.5 Å². The fourth-order valence-electron chi connectivity index (χ4n) is 0.653. The number of hydrogen-bond acceptors (Lipinski definition) is 4. The number of ether oxygens (including phenoxy) is 2. The van der Waals surface area contributed by atoms with Gasteiger partial charge in [-0.3, -0.25) is 0 Å². The molecule has 1 rings (SSSR count). The van der Waals surface area contributed by atoms with Gasteiger partial charge in [-0.25, -0.2) is 0 Å². The van der Waals surface area contributed by atoms with E-state index in [1.807, 2.05) is 0 Å². The fourth-order valence-corrected chi connectivity index (χ4v) is 1.55. The minimum atomic E-state index is -0.118. The van der Waals surface area contributed by atoms with E-state index in [2.05, 4.69) is 0 Å². The van der Waals surface area contributed by atoms with Gasteiger partial charge in [0, 0.05) is 12.9 Å². The number of hydrogen-bond donors (Lipinski definition) is 1. The number of aliphatic hydroxyl groups is 1. The topological polar surface area (TPSA) is 38.7 Å². The van der Waals surface area contributed by atoms with Crippen molar-refractivity contribution in [3.05, 3.63) is 0 Å². The van der Waals surface area contributed by atoms with Crippen molar-refractivity contribution in [2.24, 2.45) is 0 Å². The van der Waals surface area contributed by atoms with Gasteiger partial charge in [-0.15, -0.1) is 11.8 Å². The van der Waals surface area contributed by atoms with Crippen LogP contribution in [0.25, 0.3) is 0 Å². The minimum Gasteiger partial charge on any atom is -0.393 e. The van der Waals surface area contributed by atoms with Gasteiger partial charge >= 0.3 is 0 Å². The molecule has 0 aliphatic carbocycles. The maximum Gasteiger partial charge on any atom is 0.167 e.